The van der Waals surface area contributed by atoms with Crippen molar-refractivity contribution in [3.05, 3.63) is 27.9 Å². The first-order valence-electron chi connectivity index (χ1n) is 5.63. The summed E-state index contributed by atoms with van der Waals surface area (Å²) in [6.07, 6.45) is 3.66. The van der Waals surface area contributed by atoms with Crippen LogP contribution in [0, 0.1) is 17.0 Å². The van der Waals surface area contributed by atoms with E-state index >= 15 is 0 Å². The minimum atomic E-state index is -0.424. The van der Waals surface area contributed by atoms with Gasteiger partial charge in [0.15, 0.2) is 0 Å². The molecule has 1 atom stereocenters. The van der Waals surface area contributed by atoms with E-state index in [2.05, 4.69) is 10.3 Å². The zero-order valence-electron chi connectivity index (χ0n) is 9.68. The van der Waals surface area contributed by atoms with Gasteiger partial charge in [-0.05, 0) is 25.8 Å². The van der Waals surface area contributed by atoms with Gasteiger partial charge in [0, 0.05) is 18.7 Å². The molecule has 0 saturated carbocycles. The number of nitro groups is 1. The van der Waals surface area contributed by atoms with E-state index in [1.54, 1.807) is 13.0 Å². The van der Waals surface area contributed by atoms with Crippen molar-refractivity contribution in [3.63, 3.8) is 0 Å². The van der Waals surface area contributed by atoms with E-state index in [0.717, 1.165) is 19.4 Å². The minimum Gasteiger partial charge on any atom is -0.376 e. The van der Waals surface area contributed by atoms with E-state index in [1.165, 1.54) is 6.20 Å². The maximum Gasteiger partial charge on any atom is 0.290 e. The Labute approximate surface area is 99.2 Å². The van der Waals surface area contributed by atoms with Crippen LogP contribution < -0.4 is 5.32 Å². The third-order valence-electron chi connectivity index (χ3n) is 2.81. The Morgan fingerprint density at radius 1 is 1.71 bits per heavy atom. The number of nitrogens with one attached hydrogen (secondary N) is 1. The van der Waals surface area contributed by atoms with Crippen LogP contribution in [0.5, 0.6) is 0 Å². The van der Waals surface area contributed by atoms with Crippen LogP contribution in [0.25, 0.3) is 0 Å². The van der Waals surface area contributed by atoms with Crippen molar-refractivity contribution in [1.29, 1.82) is 0 Å². The Morgan fingerprint density at radius 2 is 2.53 bits per heavy atom. The normalized spacial score (nSPS) is 19.2. The zero-order chi connectivity index (χ0) is 12.3. The van der Waals surface area contributed by atoms with Crippen molar-refractivity contribution < 1.29 is 9.66 Å². The number of hydrogen-bond donors (Lipinski definition) is 1. The Bertz CT molecular complexity index is 416. The molecule has 1 fully saturated rings. The first-order valence-corrected chi connectivity index (χ1v) is 5.63. The zero-order valence-corrected chi connectivity index (χ0v) is 9.68. The lowest BCUT2D eigenvalue weighted by Gasteiger charge is -2.11. The molecule has 0 amide bonds. The molecule has 17 heavy (non-hydrogen) atoms. The van der Waals surface area contributed by atoms with Gasteiger partial charge in [-0.1, -0.05) is 0 Å². The van der Waals surface area contributed by atoms with Gasteiger partial charge in [-0.15, -0.1) is 0 Å². The first-order chi connectivity index (χ1) is 8.16. The lowest BCUT2D eigenvalue weighted by Crippen LogP contribution is -2.19. The minimum absolute atomic E-state index is 0.0488. The van der Waals surface area contributed by atoms with Crippen LogP contribution in [0.15, 0.2) is 12.3 Å². The molecule has 1 aromatic heterocycles. The van der Waals surface area contributed by atoms with E-state index in [1.807, 2.05) is 0 Å². The molecule has 0 aliphatic carbocycles. The van der Waals surface area contributed by atoms with Gasteiger partial charge in [0.2, 0.25) is 0 Å². The molecule has 1 aliphatic heterocycles. The highest BCUT2D eigenvalue weighted by Crippen LogP contribution is 2.19. The molecule has 2 heterocycles. The number of rotatable bonds is 4. The van der Waals surface area contributed by atoms with Gasteiger partial charge in [-0.2, -0.15) is 0 Å². The average molecular weight is 237 g/mol. The predicted octanol–water partition coefficient (Wildman–Crippen LogP) is 1.89. The molecule has 0 aromatic carbocycles. The van der Waals surface area contributed by atoms with E-state index in [0.29, 0.717) is 17.9 Å². The van der Waals surface area contributed by atoms with Gasteiger partial charge in [-0.3, -0.25) is 10.1 Å². The molecule has 1 saturated heterocycles. The summed E-state index contributed by atoms with van der Waals surface area (Å²) in [6, 6.07) is 1.69. The van der Waals surface area contributed by atoms with Gasteiger partial charge in [0.1, 0.15) is 12.0 Å². The molecule has 1 aliphatic rings. The molecule has 92 valence electrons. The molecule has 6 nitrogen and oxygen atoms in total. The fraction of sp³-hybridized carbons (Fsp3) is 0.545. The fourth-order valence-electron chi connectivity index (χ4n) is 1.86. The van der Waals surface area contributed by atoms with E-state index in [-0.39, 0.29) is 11.8 Å². The third-order valence-corrected chi connectivity index (χ3v) is 2.81. The molecule has 1 aromatic rings. The standard InChI is InChI=1S/C11H15N3O3/c1-8-5-11(13-7-10(8)14(15)16)12-6-9-3-2-4-17-9/h5,7,9H,2-4,6H2,1H3,(H,12,13). The highest BCUT2D eigenvalue weighted by atomic mass is 16.6. The summed E-state index contributed by atoms with van der Waals surface area (Å²) < 4.78 is 5.47. The van der Waals surface area contributed by atoms with Crippen LogP contribution >= 0.6 is 0 Å². The van der Waals surface area contributed by atoms with Crippen molar-refractivity contribution in [2.75, 3.05) is 18.5 Å². The first kappa shape index (κ1) is 11.8. The van der Waals surface area contributed by atoms with E-state index < -0.39 is 4.92 Å². The number of nitrogens with zero attached hydrogens (tertiary/aromatic N) is 2. The molecule has 0 spiro atoms. The Balaban J connectivity index is 1.97. The summed E-state index contributed by atoms with van der Waals surface area (Å²) >= 11 is 0. The lowest BCUT2D eigenvalue weighted by molar-refractivity contribution is -0.385. The number of hydrogen-bond acceptors (Lipinski definition) is 5. The number of ether oxygens (including phenoxy) is 1. The highest BCUT2D eigenvalue weighted by molar-refractivity contribution is 5.46. The van der Waals surface area contributed by atoms with Gasteiger partial charge >= 0.3 is 0 Å². The molecule has 6 heteroatoms. The quantitative estimate of drug-likeness (QED) is 0.639. The summed E-state index contributed by atoms with van der Waals surface area (Å²) in [7, 11) is 0. The van der Waals surface area contributed by atoms with Crippen molar-refractivity contribution >= 4 is 11.5 Å². The van der Waals surface area contributed by atoms with E-state index in [4.69, 9.17) is 4.74 Å². The Morgan fingerprint density at radius 3 is 3.12 bits per heavy atom. The monoisotopic (exact) mass is 237 g/mol. The van der Waals surface area contributed by atoms with Crippen molar-refractivity contribution in [3.8, 4) is 0 Å². The van der Waals surface area contributed by atoms with Gasteiger partial charge in [0.05, 0.1) is 11.0 Å². The van der Waals surface area contributed by atoms with E-state index in [9.17, 15) is 10.1 Å². The van der Waals surface area contributed by atoms with Gasteiger partial charge in [-0.25, -0.2) is 4.98 Å². The van der Waals surface area contributed by atoms with Crippen LogP contribution in [0.2, 0.25) is 0 Å². The van der Waals surface area contributed by atoms with Crippen LogP contribution in [-0.4, -0.2) is 29.2 Å². The van der Waals surface area contributed by atoms with Gasteiger partial charge < -0.3 is 10.1 Å². The molecule has 0 bridgehead atoms. The largest absolute Gasteiger partial charge is 0.376 e. The maximum atomic E-state index is 10.6. The highest BCUT2D eigenvalue weighted by Gasteiger charge is 2.16. The number of pyridine rings is 1. The van der Waals surface area contributed by atoms with Crippen LogP contribution in [0.4, 0.5) is 11.5 Å². The number of aromatic nitrogens is 1. The summed E-state index contributed by atoms with van der Waals surface area (Å²) in [5.74, 6) is 0.656. The summed E-state index contributed by atoms with van der Waals surface area (Å²) in [6.45, 7) is 3.22. The second kappa shape index (κ2) is 5.09. The molecule has 1 N–H and O–H groups in total. The topological polar surface area (TPSA) is 77.3 Å². The molecular weight excluding hydrogens is 222 g/mol. The summed E-state index contributed by atoms with van der Waals surface area (Å²) in [5.41, 5.74) is 0.660. The van der Waals surface area contributed by atoms with Crippen LogP contribution in [-0.2, 0) is 4.74 Å². The van der Waals surface area contributed by atoms with Crippen molar-refractivity contribution in [2.24, 2.45) is 0 Å². The number of aryl methyl sites for hydroxylation is 1. The second-order valence-electron chi connectivity index (χ2n) is 4.13. The molecule has 0 radical (unpaired) electrons. The Kier molecular flexibility index (Phi) is 3.53. The summed E-state index contributed by atoms with van der Waals surface area (Å²) in [4.78, 5) is 14.2. The second-order valence-corrected chi connectivity index (χ2v) is 4.13. The van der Waals surface area contributed by atoms with Gasteiger partial charge in [0.25, 0.3) is 5.69 Å². The molecule has 2 rings (SSSR count). The lowest BCUT2D eigenvalue weighted by atomic mass is 10.2. The summed E-state index contributed by atoms with van der Waals surface area (Å²) in [5, 5.41) is 13.8. The van der Waals surface area contributed by atoms with Crippen molar-refractivity contribution in [2.45, 2.75) is 25.9 Å². The van der Waals surface area contributed by atoms with Crippen LogP contribution in [0.1, 0.15) is 18.4 Å². The SMILES string of the molecule is Cc1cc(NCC2CCCO2)ncc1[N+](=O)[O-]. The number of anilines is 1. The average Bonchev–Trinajstić information content (AvgIpc) is 2.78. The third kappa shape index (κ3) is 2.91. The Hall–Kier alpha value is -1.69. The molecule has 1 unspecified atom stereocenters. The van der Waals surface area contributed by atoms with Crippen LogP contribution in [0.3, 0.4) is 0 Å². The van der Waals surface area contributed by atoms with Crippen molar-refractivity contribution in [1.82, 2.24) is 4.98 Å². The molecular formula is C11H15N3O3. The fourth-order valence-corrected chi connectivity index (χ4v) is 1.86. The predicted molar refractivity (Wildman–Crippen MR) is 63.1 cm³/mol. The smallest absolute Gasteiger partial charge is 0.290 e. The maximum absolute atomic E-state index is 10.6.